The summed E-state index contributed by atoms with van der Waals surface area (Å²) in [5.74, 6) is 0. The van der Waals surface area contributed by atoms with E-state index in [0.29, 0.717) is 5.33 Å². The number of alkyl halides is 1. The number of nitro groups is 1. The molecule has 5 heteroatoms. The zero-order chi connectivity index (χ0) is 15.0. The second-order valence-corrected chi connectivity index (χ2v) is 5.47. The van der Waals surface area contributed by atoms with Crippen molar-refractivity contribution < 1.29 is 4.92 Å². The van der Waals surface area contributed by atoms with Crippen molar-refractivity contribution in [2.24, 2.45) is 0 Å². The minimum atomic E-state index is -0.271. The van der Waals surface area contributed by atoms with Crippen LogP contribution >= 0.6 is 15.9 Å². The van der Waals surface area contributed by atoms with Crippen LogP contribution in [0.4, 0.5) is 11.4 Å². The number of unbranched alkanes of at least 4 members (excludes halogenated alkanes) is 2. The molecule has 1 aromatic rings. The first kappa shape index (κ1) is 17.0. The Bertz CT molecular complexity index is 430. The molecule has 0 aromatic heterocycles. The molecule has 112 valence electrons. The van der Waals surface area contributed by atoms with E-state index >= 15 is 0 Å². The number of nitrogens with zero attached hydrogens (tertiary/aromatic N) is 2. The number of rotatable bonds is 9. The van der Waals surface area contributed by atoms with Crippen molar-refractivity contribution in [3.8, 4) is 0 Å². The van der Waals surface area contributed by atoms with E-state index in [1.165, 1.54) is 0 Å². The van der Waals surface area contributed by atoms with Gasteiger partial charge in [0, 0.05) is 24.5 Å². The summed E-state index contributed by atoms with van der Waals surface area (Å²) in [7, 11) is 0. The Morgan fingerprint density at radius 2 is 1.80 bits per heavy atom. The van der Waals surface area contributed by atoms with Crippen LogP contribution in [0.15, 0.2) is 18.2 Å². The minimum absolute atomic E-state index is 0.217. The third kappa shape index (κ3) is 4.78. The molecule has 0 N–H and O–H groups in total. The van der Waals surface area contributed by atoms with Crippen LogP contribution in [0.2, 0.25) is 0 Å². The highest BCUT2D eigenvalue weighted by molar-refractivity contribution is 9.08. The summed E-state index contributed by atoms with van der Waals surface area (Å²) in [5, 5.41) is 11.9. The van der Waals surface area contributed by atoms with Crippen LogP contribution in [0.5, 0.6) is 0 Å². The van der Waals surface area contributed by atoms with Gasteiger partial charge in [0.2, 0.25) is 0 Å². The van der Waals surface area contributed by atoms with Gasteiger partial charge in [0.1, 0.15) is 5.69 Å². The molecule has 0 bridgehead atoms. The van der Waals surface area contributed by atoms with Crippen molar-refractivity contribution in [3.05, 3.63) is 33.9 Å². The van der Waals surface area contributed by atoms with Gasteiger partial charge in [0.05, 0.1) is 4.92 Å². The maximum absolute atomic E-state index is 11.3. The molecule has 0 amide bonds. The second-order valence-electron chi connectivity index (χ2n) is 4.91. The summed E-state index contributed by atoms with van der Waals surface area (Å²) in [6.07, 6.45) is 4.30. The van der Waals surface area contributed by atoms with Gasteiger partial charge in [0.25, 0.3) is 5.69 Å². The Balaban J connectivity index is 3.06. The molecule has 0 aliphatic rings. The summed E-state index contributed by atoms with van der Waals surface area (Å²) >= 11 is 3.35. The predicted molar refractivity (Wildman–Crippen MR) is 87.8 cm³/mol. The Morgan fingerprint density at radius 1 is 1.20 bits per heavy atom. The summed E-state index contributed by atoms with van der Waals surface area (Å²) < 4.78 is 0. The molecule has 0 aliphatic carbocycles. The van der Waals surface area contributed by atoms with Crippen LogP contribution in [0.3, 0.4) is 0 Å². The number of hydrogen-bond acceptors (Lipinski definition) is 3. The van der Waals surface area contributed by atoms with Gasteiger partial charge in [-0.15, -0.1) is 0 Å². The average molecular weight is 343 g/mol. The molecular weight excluding hydrogens is 320 g/mol. The molecule has 1 rings (SSSR count). The van der Waals surface area contributed by atoms with Crippen LogP contribution in [-0.4, -0.2) is 18.0 Å². The standard InChI is InChI=1S/C15H23BrN2O2/c1-3-5-9-17(10-6-4-2)14-8-7-13(12-16)11-15(14)18(19)20/h7-8,11H,3-6,9-10,12H2,1-2H3. The van der Waals surface area contributed by atoms with Crippen molar-refractivity contribution in [2.75, 3.05) is 18.0 Å². The maximum Gasteiger partial charge on any atom is 0.292 e. The summed E-state index contributed by atoms with van der Waals surface area (Å²) in [6, 6.07) is 5.52. The molecule has 0 atom stereocenters. The van der Waals surface area contributed by atoms with E-state index in [9.17, 15) is 10.1 Å². The molecule has 0 saturated heterocycles. The molecule has 0 fully saturated rings. The molecule has 0 aliphatic heterocycles. The van der Waals surface area contributed by atoms with Crippen LogP contribution < -0.4 is 4.90 Å². The van der Waals surface area contributed by atoms with Gasteiger partial charge in [-0.25, -0.2) is 0 Å². The lowest BCUT2D eigenvalue weighted by Gasteiger charge is -2.24. The van der Waals surface area contributed by atoms with Gasteiger partial charge in [-0.2, -0.15) is 0 Å². The van der Waals surface area contributed by atoms with E-state index < -0.39 is 0 Å². The maximum atomic E-state index is 11.3. The zero-order valence-electron chi connectivity index (χ0n) is 12.3. The summed E-state index contributed by atoms with van der Waals surface area (Å²) in [4.78, 5) is 13.2. The zero-order valence-corrected chi connectivity index (χ0v) is 13.9. The third-order valence-electron chi connectivity index (χ3n) is 3.29. The van der Waals surface area contributed by atoms with Gasteiger partial charge >= 0.3 is 0 Å². The van der Waals surface area contributed by atoms with Crippen LogP contribution in [-0.2, 0) is 5.33 Å². The first-order valence-electron chi connectivity index (χ1n) is 7.22. The SMILES string of the molecule is CCCCN(CCCC)c1ccc(CBr)cc1[N+](=O)[O-]. The monoisotopic (exact) mass is 342 g/mol. The first-order valence-corrected chi connectivity index (χ1v) is 8.34. The first-order chi connectivity index (χ1) is 9.63. The molecule has 0 unspecified atom stereocenters. The largest absolute Gasteiger partial charge is 0.366 e. The van der Waals surface area contributed by atoms with Crippen LogP contribution in [0, 0.1) is 10.1 Å². The molecule has 0 saturated carbocycles. The highest BCUT2D eigenvalue weighted by Crippen LogP contribution is 2.30. The molecule has 0 spiro atoms. The lowest BCUT2D eigenvalue weighted by Crippen LogP contribution is -2.26. The van der Waals surface area contributed by atoms with E-state index in [1.54, 1.807) is 6.07 Å². The Morgan fingerprint density at radius 3 is 2.25 bits per heavy atom. The molecule has 0 radical (unpaired) electrons. The van der Waals surface area contributed by atoms with Crippen LogP contribution in [0.25, 0.3) is 0 Å². The molecular formula is C15H23BrN2O2. The lowest BCUT2D eigenvalue weighted by molar-refractivity contribution is -0.384. The fourth-order valence-electron chi connectivity index (χ4n) is 2.12. The van der Waals surface area contributed by atoms with Gasteiger partial charge in [-0.3, -0.25) is 10.1 Å². The average Bonchev–Trinajstić information content (AvgIpc) is 2.47. The van der Waals surface area contributed by atoms with Crippen molar-refractivity contribution in [3.63, 3.8) is 0 Å². The van der Waals surface area contributed by atoms with Crippen molar-refractivity contribution in [1.82, 2.24) is 0 Å². The van der Waals surface area contributed by atoms with Crippen molar-refractivity contribution in [1.29, 1.82) is 0 Å². The molecule has 1 aromatic carbocycles. The molecule has 4 nitrogen and oxygen atoms in total. The number of hydrogen-bond donors (Lipinski definition) is 0. The third-order valence-corrected chi connectivity index (χ3v) is 3.94. The lowest BCUT2D eigenvalue weighted by atomic mass is 10.1. The number of nitro benzene ring substituents is 1. The predicted octanol–water partition coefficient (Wildman–Crippen LogP) is 4.90. The van der Waals surface area contributed by atoms with Gasteiger partial charge in [0.15, 0.2) is 0 Å². The second kappa shape index (κ2) is 8.95. The Hall–Kier alpha value is -1.10. The topological polar surface area (TPSA) is 46.4 Å². The Labute approximate surface area is 129 Å². The van der Waals surface area contributed by atoms with Gasteiger partial charge in [-0.05, 0) is 24.5 Å². The number of halogens is 1. The van der Waals surface area contributed by atoms with E-state index in [2.05, 4.69) is 34.7 Å². The Kier molecular flexibility index (Phi) is 7.59. The van der Waals surface area contributed by atoms with E-state index in [1.807, 2.05) is 12.1 Å². The number of benzene rings is 1. The number of anilines is 1. The fraction of sp³-hybridized carbons (Fsp3) is 0.600. The van der Waals surface area contributed by atoms with Crippen LogP contribution in [0.1, 0.15) is 45.1 Å². The van der Waals surface area contributed by atoms with Crippen molar-refractivity contribution in [2.45, 2.75) is 44.9 Å². The van der Waals surface area contributed by atoms with Gasteiger partial charge in [-0.1, -0.05) is 48.7 Å². The fourth-order valence-corrected chi connectivity index (χ4v) is 2.47. The molecule has 20 heavy (non-hydrogen) atoms. The van der Waals surface area contributed by atoms with Crippen molar-refractivity contribution >= 4 is 27.3 Å². The van der Waals surface area contributed by atoms with E-state index in [0.717, 1.165) is 50.0 Å². The molecule has 0 heterocycles. The quantitative estimate of drug-likeness (QED) is 0.364. The normalized spacial score (nSPS) is 10.6. The van der Waals surface area contributed by atoms with E-state index in [-0.39, 0.29) is 10.6 Å². The minimum Gasteiger partial charge on any atom is -0.366 e. The summed E-state index contributed by atoms with van der Waals surface area (Å²) in [5.41, 5.74) is 1.90. The van der Waals surface area contributed by atoms with Gasteiger partial charge < -0.3 is 4.90 Å². The van der Waals surface area contributed by atoms with E-state index in [4.69, 9.17) is 0 Å². The highest BCUT2D eigenvalue weighted by atomic mass is 79.9. The smallest absolute Gasteiger partial charge is 0.292 e. The summed E-state index contributed by atoms with van der Waals surface area (Å²) in [6.45, 7) is 6.04. The highest BCUT2D eigenvalue weighted by Gasteiger charge is 2.19.